The molecular weight excluding hydrogens is 312 g/mol. The summed E-state index contributed by atoms with van der Waals surface area (Å²) in [4.78, 5) is 49.1. The second kappa shape index (κ2) is 6.95. The normalized spacial score (nSPS) is 10.4. The standard InChI is InChI=1S/C16H18N4O4/c1-9-12(15(23)20(2)16(24)18-9)7-8-13(21)19-11-5-3-10(4-6-11)14(17)22/h3-6H,7-8H2,1-2H3,(H2,17,22)(H,18,24)(H,19,21). The Kier molecular flexibility index (Phi) is 4.98. The third-order valence-corrected chi connectivity index (χ3v) is 3.67. The summed E-state index contributed by atoms with van der Waals surface area (Å²) in [6.07, 6.45) is 0.292. The van der Waals surface area contributed by atoms with Gasteiger partial charge in [-0.05, 0) is 37.6 Å². The first-order valence-electron chi connectivity index (χ1n) is 7.28. The fourth-order valence-electron chi connectivity index (χ4n) is 2.25. The number of amides is 2. The van der Waals surface area contributed by atoms with Crippen LogP contribution in [0.5, 0.6) is 0 Å². The molecule has 0 atom stereocenters. The van der Waals surface area contributed by atoms with Crippen molar-refractivity contribution in [3.8, 4) is 0 Å². The summed E-state index contributed by atoms with van der Waals surface area (Å²) in [7, 11) is 1.38. The highest BCUT2D eigenvalue weighted by atomic mass is 16.2. The molecule has 0 aliphatic rings. The van der Waals surface area contributed by atoms with E-state index >= 15 is 0 Å². The molecular formula is C16H18N4O4. The zero-order valence-electron chi connectivity index (χ0n) is 13.4. The Hall–Kier alpha value is -3.16. The molecule has 24 heavy (non-hydrogen) atoms. The lowest BCUT2D eigenvalue weighted by atomic mass is 10.1. The van der Waals surface area contributed by atoms with E-state index in [4.69, 9.17) is 5.73 Å². The van der Waals surface area contributed by atoms with Gasteiger partial charge in [-0.15, -0.1) is 0 Å². The Balaban J connectivity index is 2.04. The van der Waals surface area contributed by atoms with Crippen molar-refractivity contribution < 1.29 is 9.59 Å². The molecule has 126 valence electrons. The van der Waals surface area contributed by atoms with E-state index in [1.54, 1.807) is 19.1 Å². The van der Waals surface area contributed by atoms with Crippen LogP contribution < -0.4 is 22.3 Å². The summed E-state index contributed by atoms with van der Waals surface area (Å²) in [5, 5.41) is 2.67. The molecule has 0 aliphatic heterocycles. The van der Waals surface area contributed by atoms with Crippen LogP contribution in [-0.2, 0) is 18.3 Å². The van der Waals surface area contributed by atoms with Crippen molar-refractivity contribution in [3.05, 3.63) is 61.9 Å². The number of primary amides is 1. The average Bonchev–Trinajstić information content (AvgIpc) is 2.53. The van der Waals surface area contributed by atoms with Crippen LogP contribution in [0.15, 0.2) is 33.9 Å². The first-order valence-corrected chi connectivity index (χ1v) is 7.28. The van der Waals surface area contributed by atoms with E-state index in [2.05, 4.69) is 10.3 Å². The number of aromatic nitrogens is 2. The highest BCUT2D eigenvalue weighted by molar-refractivity contribution is 5.94. The fraction of sp³-hybridized carbons (Fsp3) is 0.250. The van der Waals surface area contributed by atoms with E-state index < -0.39 is 17.2 Å². The minimum absolute atomic E-state index is 0.0830. The van der Waals surface area contributed by atoms with Crippen LogP contribution in [0.2, 0.25) is 0 Å². The molecule has 8 heteroatoms. The molecule has 0 fully saturated rings. The first kappa shape index (κ1) is 17.2. The molecule has 2 rings (SSSR count). The van der Waals surface area contributed by atoms with Gasteiger partial charge in [-0.1, -0.05) is 0 Å². The van der Waals surface area contributed by atoms with E-state index in [0.29, 0.717) is 22.5 Å². The molecule has 0 spiro atoms. The maximum Gasteiger partial charge on any atom is 0.328 e. The third-order valence-electron chi connectivity index (χ3n) is 3.67. The second-order valence-electron chi connectivity index (χ2n) is 5.39. The predicted molar refractivity (Wildman–Crippen MR) is 89.0 cm³/mol. The van der Waals surface area contributed by atoms with Gasteiger partial charge >= 0.3 is 5.69 Å². The van der Waals surface area contributed by atoms with Crippen molar-refractivity contribution in [1.82, 2.24) is 9.55 Å². The molecule has 1 heterocycles. The number of nitrogens with zero attached hydrogens (tertiary/aromatic N) is 1. The molecule has 2 amide bonds. The molecule has 4 N–H and O–H groups in total. The number of nitrogens with one attached hydrogen (secondary N) is 2. The Morgan fingerprint density at radius 1 is 1.21 bits per heavy atom. The molecule has 1 aromatic heterocycles. The van der Waals surface area contributed by atoms with Gasteiger partial charge in [0.1, 0.15) is 0 Å². The molecule has 1 aromatic carbocycles. The number of carbonyl (C=O) groups is 2. The van der Waals surface area contributed by atoms with Crippen molar-refractivity contribution in [2.75, 3.05) is 5.32 Å². The van der Waals surface area contributed by atoms with Crippen molar-refractivity contribution in [2.45, 2.75) is 19.8 Å². The minimum Gasteiger partial charge on any atom is -0.366 e. The van der Waals surface area contributed by atoms with Crippen LogP contribution >= 0.6 is 0 Å². The summed E-state index contributed by atoms with van der Waals surface area (Å²) in [5.41, 5.74) is 5.98. The molecule has 0 saturated heterocycles. The number of hydrogen-bond acceptors (Lipinski definition) is 4. The summed E-state index contributed by atoms with van der Waals surface area (Å²) >= 11 is 0. The Bertz CT molecular complexity index is 894. The maximum atomic E-state index is 12.1. The van der Waals surface area contributed by atoms with E-state index in [9.17, 15) is 19.2 Å². The number of aromatic amines is 1. The van der Waals surface area contributed by atoms with E-state index in [-0.39, 0.29) is 18.7 Å². The molecule has 0 aliphatic carbocycles. The summed E-state index contributed by atoms with van der Waals surface area (Å²) in [6.45, 7) is 1.62. The number of aryl methyl sites for hydroxylation is 1. The third kappa shape index (κ3) is 3.78. The van der Waals surface area contributed by atoms with Crippen molar-refractivity contribution in [3.63, 3.8) is 0 Å². The smallest absolute Gasteiger partial charge is 0.328 e. The number of anilines is 1. The number of H-pyrrole nitrogens is 1. The molecule has 0 unspecified atom stereocenters. The van der Waals surface area contributed by atoms with Crippen molar-refractivity contribution in [2.24, 2.45) is 12.8 Å². The number of carbonyl (C=O) groups excluding carboxylic acids is 2. The Morgan fingerprint density at radius 2 is 1.83 bits per heavy atom. The second-order valence-corrected chi connectivity index (χ2v) is 5.39. The van der Waals surface area contributed by atoms with E-state index in [0.717, 1.165) is 4.57 Å². The van der Waals surface area contributed by atoms with Gasteiger partial charge in [0.25, 0.3) is 5.56 Å². The van der Waals surface area contributed by atoms with Gasteiger partial charge in [-0.25, -0.2) is 4.79 Å². The van der Waals surface area contributed by atoms with Gasteiger partial charge in [0.15, 0.2) is 0 Å². The van der Waals surface area contributed by atoms with Gasteiger partial charge in [0.05, 0.1) is 0 Å². The van der Waals surface area contributed by atoms with Crippen LogP contribution in [-0.4, -0.2) is 21.4 Å². The summed E-state index contributed by atoms with van der Waals surface area (Å²) in [5.74, 6) is -0.827. The Labute approximate surface area is 137 Å². The average molecular weight is 330 g/mol. The zero-order chi connectivity index (χ0) is 17.9. The largest absolute Gasteiger partial charge is 0.366 e. The lowest BCUT2D eigenvalue weighted by Crippen LogP contribution is -2.36. The lowest BCUT2D eigenvalue weighted by Gasteiger charge is -2.08. The van der Waals surface area contributed by atoms with Crippen LogP contribution in [0.3, 0.4) is 0 Å². The summed E-state index contributed by atoms with van der Waals surface area (Å²) in [6, 6.07) is 6.17. The number of hydrogen-bond donors (Lipinski definition) is 3. The van der Waals surface area contributed by atoms with Gasteiger partial charge in [-0.2, -0.15) is 0 Å². The van der Waals surface area contributed by atoms with Crippen molar-refractivity contribution in [1.29, 1.82) is 0 Å². The minimum atomic E-state index is -0.544. The van der Waals surface area contributed by atoms with Gasteiger partial charge in [0.2, 0.25) is 11.8 Å². The van der Waals surface area contributed by atoms with Gasteiger partial charge < -0.3 is 16.0 Å². The highest BCUT2D eigenvalue weighted by Gasteiger charge is 2.11. The van der Waals surface area contributed by atoms with Crippen LogP contribution in [0, 0.1) is 6.92 Å². The van der Waals surface area contributed by atoms with E-state index in [1.165, 1.54) is 19.2 Å². The molecule has 0 bridgehead atoms. The van der Waals surface area contributed by atoms with E-state index in [1.807, 2.05) is 0 Å². The van der Waals surface area contributed by atoms with Gasteiger partial charge in [-0.3, -0.25) is 19.0 Å². The first-order chi connectivity index (χ1) is 11.3. The highest BCUT2D eigenvalue weighted by Crippen LogP contribution is 2.10. The van der Waals surface area contributed by atoms with Crippen molar-refractivity contribution >= 4 is 17.5 Å². The number of nitrogens with two attached hydrogens (primary N) is 1. The quantitative estimate of drug-likeness (QED) is 0.716. The SMILES string of the molecule is Cc1[nH]c(=O)n(C)c(=O)c1CCC(=O)Nc1ccc(C(N)=O)cc1. The van der Waals surface area contributed by atoms with Crippen LogP contribution in [0.4, 0.5) is 5.69 Å². The number of rotatable bonds is 5. The van der Waals surface area contributed by atoms with Crippen LogP contribution in [0.1, 0.15) is 28.0 Å². The number of benzene rings is 1. The lowest BCUT2D eigenvalue weighted by molar-refractivity contribution is -0.116. The topological polar surface area (TPSA) is 127 Å². The van der Waals surface area contributed by atoms with Gasteiger partial charge in [0, 0.05) is 36.0 Å². The molecule has 0 saturated carbocycles. The maximum absolute atomic E-state index is 12.1. The van der Waals surface area contributed by atoms with Crippen LogP contribution in [0.25, 0.3) is 0 Å². The fourth-order valence-corrected chi connectivity index (χ4v) is 2.25. The zero-order valence-corrected chi connectivity index (χ0v) is 13.4. The summed E-state index contributed by atoms with van der Waals surface area (Å²) < 4.78 is 0.975. The Morgan fingerprint density at radius 3 is 2.42 bits per heavy atom. The predicted octanol–water partition coefficient (Wildman–Crippen LogP) is 0.0522. The molecule has 2 aromatic rings. The monoisotopic (exact) mass is 330 g/mol. The molecule has 8 nitrogen and oxygen atoms in total. The molecule has 0 radical (unpaired) electrons.